The van der Waals surface area contributed by atoms with Gasteiger partial charge in [-0.3, -0.25) is 4.79 Å². The van der Waals surface area contributed by atoms with Gasteiger partial charge < -0.3 is 10.1 Å². The maximum absolute atomic E-state index is 11.7. The first-order valence-corrected chi connectivity index (χ1v) is 9.49. The molecule has 0 saturated carbocycles. The van der Waals surface area contributed by atoms with E-state index in [0.717, 1.165) is 18.4 Å². The minimum absolute atomic E-state index is 0.0311. The molecule has 0 unspecified atom stereocenters. The fraction of sp³-hybridized carbons (Fsp3) is 0.562. The Morgan fingerprint density at radius 3 is 2.43 bits per heavy atom. The highest BCUT2D eigenvalue weighted by molar-refractivity contribution is 7.88. The van der Waals surface area contributed by atoms with Gasteiger partial charge in [0.05, 0.1) is 6.26 Å². The first-order valence-electron chi connectivity index (χ1n) is 7.64. The van der Waals surface area contributed by atoms with Gasteiger partial charge in [-0.2, -0.15) is 0 Å². The quantitative estimate of drug-likeness (QED) is 0.742. The van der Waals surface area contributed by atoms with Crippen LogP contribution in [0, 0.1) is 0 Å². The number of nitrogens with zero attached hydrogens (tertiary/aromatic N) is 1. The van der Waals surface area contributed by atoms with Gasteiger partial charge in [-0.15, -0.1) is 0 Å². The number of hydrogen-bond acceptors (Lipinski definition) is 4. The number of amides is 1. The lowest BCUT2D eigenvalue weighted by molar-refractivity contribution is -0.123. The normalized spacial score (nSPS) is 12.9. The highest BCUT2D eigenvalue weighted by atomic mass is 32.2. The van der Waals surface area contributed by atoms with Crippen molar-refractivity contribution in [3.05, 3.63) is 29.8 Å². The summed E-state index contributed by atoms with van der Waals surface area (Å²) in [5.74, 6) is 0.431. The van der Waals surface area contributed by atoms with Gasteiger partial charge in [-0.1, -0.05) is 25.5 Å². The van der Waals surface area contributed by atoms with Crippen LogP contribution < -0.4 is 10.1 Å². The van der Waals surface area contributed by atoms with E-state index in [-0.39, 0.29) is 18.6 Å². The second-order valence-corrected chi connectivity index (χ2v) is 7.80. The number of ether oxygens (including phenoxy) is 1. The molecule has 1 N–H and O–H groups in total. The van der Waals surface area contributed by atoms with Gasteiger partial charge in [0.15, 0.2) is 6.61 Å². The Bertz CT molecular complexity index is 599. The first-order chi connectivity index (χ1) is 10.7. The largest absolute Gasteiger partial charge is 0.484 e. The van der Waals surface area contributed by atoms with Crippen molar-refractivity contribution in [2.24, 2.45) is 0 Å². The minimum atomic E-state index is -3.20. The van der Waals surface area contributed by atoms with Gasteiger partial charge in [0.25, 0.3) is 5.91 Å². The Morgan fingerprint density at radius 2 is 1.91 bits per heavy atom. The number of carbonyl (C=O) groups is 1. The predicted molar refractivity (Wildman–Crippen MR) is 90.8 cm³/mol. The molecule has 0 aliphatic carbocycles. The maximum atomic E-state index is 11.7. The summed E-state index contributed by atoms with van der Waals surface area (Å²) in [6.45, 7) is 4.31. The zero-order valence-corrected chi connectivity index (χ0v) is 15.0. The maximum Gasteiger partial charge on any atom is 0.258 e. The zero-order valence-electron chi connectivity index (χ0n) is 14.2. The molecule has 0 saturated heterocycles. The Hall–Kier alpha value is -1.60. The van der Waals surface area contributed by atoms with Crippen LogP contribution in [-0.2, 0) is 21.4 Å². The van der Waals surface area contributed by atoms with Crippen LogP contribution in [0.5, 0.6) is 5.75 Å². The molecule has 23 heavy (non-hydrogen) atoms. The van der Waals surface area contributed by atoms with E-state index in [2.05, 4.69) is 12.2 Å². The van der Waals surface area contributed by atoms with Crippen molar-refractivity contribution in [2.75, 3.05) is 19.9 Å². The molecule has 0 aromatic heterocycles. The average Bonchev–Trinajstić information content (AvgIpc) is 2.45. The minimum Gasteiger partial charge on any atom is -0.484 e. The molecule has 130 valence electrons. The zero-order chi connectivity index (χ0) is 17.5. The summed E-state index contributed by atoms with van der Waals surface area (Å²) in [5, 5.41) is 2.87. The third-order valence-corrected chi connectivity index (χ3v) is 4.66. The Kier molecular flexibility index (Phi) is 7.51. The molecular formula is C16H26N2O4S. The van der Waals surface area contributed by atoms with E-state index < -0.39 is 10.0 Å². The molecule has 0 bridgehead atoms. The van der Waals surface area contributed by atoms with Gasteiger partial charge >= 0.3 is 0 Å². The molecule has 1 amide bonds. The second-order valence-electron chi connectivity index (χ2n) is 5.71. The number of sulfonamides is 1. The molecule has 0 radical (unpaired) electrons. The monoisotopic (exact) mass is 342 g/mol. The molecule has 0 fully saturated rings. The fourth-order valence-corrected chi connectivity index (χ4v) is 2.42. The van der Waals surface area contributed by atoms with Crippen LogP contribution in [-0.4, -0.2) is 44.6 Å². The Morgan fingerprint density at radius 1 is 1.30 bits per heavy atom. The van der Waals surface area contributed by atoms with Crippen LogP contribution in [0.4, 0.5) is 0 Å². The van der Waals surface area contributed by atoms with E-state index in [1.54, 1.807) is 24.3 Å². The number of benzene rings is 1. The van der Waals surface area contributed by atoms with Crippen molar-refractivity contribution in [3.8, 4) is 5.75 Å². The van der Waals surface area contributed by atoms with E-state index in [4.69, 9.17) is 4.74 Å². The topological polar surface area (TPSA) is 75.7 Å². The molecule has 1 atom stereocenters. The van der Waals surface area contributed by atoms with Crippen LogP contribution in [0.2, 0.25) is 0 Å². The summed E-state index contributed by atoms with van der Waals surface area (Å²) in [6.07, 6.45) is 3.13. The van der Waals surface area contributed by atoms with Crippen molar-refractivity contribution in [2.45, 2.75) is 39.3 Å². The smallest absolute Gasteiger partial charge is 0.258 e. The summed E-state index contributed by atoms with van der Waals surface area (Å²) in [5.41, 5.74) is 0.853. The standard InChI is InChI=1S/C16H26N2O4S/c1-5-6-13(2)17-16(19)12-22-15-9-7-14(8-10-15)11-18(3)23(4,20)21/h7-10,13H,5-6,11-12H2,1-4H3,(H,17,19)/t13-/m1/s1. The molecule has 6 nitrogen and oxygen atoms in total. The second kappa shape index (κ2) is 8.88. The highest BCUT2D eigenvalue weighted by Crippen LogP contribution is 2.14. The van der Waals surface area contributed by atoms with E-state index in [9.17, 15) is 13.2 Å². The molecule has 0 aliphatic heterocycles. The molecule has 1 rings (SSSR count). The molecule has 0 spiro atoms. The average molecular weight is 342 g/mol. The molecular weight excluding hydrogens is 316 g/mol. The number of carbonyl (C=O) groups excluding carboxylic acids is 1. The van der Waals surface area contributed by atoms with Gasteiger partial charge in [0.2, 0.25) is 10.0 Å². The molecule has 1 aromatic rings. The van der Waals surface area contributed by atoms with Crippen LogP contribution in [0.15, 0.2) is 24.3 Å². The molecule has 1 aromatic carbocycles. The fourth-order valence-electron chi connectivity index (χ4n) is 2.04. The van der Waals surface area contributed by atoms with Crippen LogP contribution >= 0.6 is 0 Å². The van der Waals surface area contributed by atoms with E-state index in [1.807, 2.05) is 6.92 Å². The number of nitrogens with one attached hydrogen (secondary N) is 1. The van der Waals surface area contributed by atoms with E-state index in [1.165, 1.54) is 17.6 Å². The van der Waals surface area contributed by atoms with Crippen molar-refractivity contribution >= 4 is 15.9 Å². The lowest BCUT2D eigenvalue weighted by Gasteiger charge is -2.15. The summed E-state index contributed by atoms with van der Waals surface area (Å²) >= 11 is 0. The summed E-state index contributed by atoms with van der Waals surface area (Å²) in [7, 11) is -1.67. The van der Waals surface area contributed by atoms with E-state index in [0.29, 0.717) is 12.3 Å². The lowest BCUT2D eigenvalue weighted by Crippen LogP contribution is -2.35. The Balaban J connectivity index is 2.47. The summed E-state index contributed by atoms with van der Waals surface area (Å²) < 4.78 is 29.4. The molecule has 7 heteroatoms. The third-order valence-electron chi connectivity index (χ3n) is 3.39. The van der Waals surface area contributed by atoms with Crippen LogP contribution in [0.1, 0.15) is 32.3 Å². The van der Waals surface area contributed by atoms with Crippen molar-refractivity contribution in [3.63, 3.8) is 0 Å². The highest BCUT2D eigenvalue weighted by Gasteiger charge is 2.11. The van der Waals surface area contributed by atoms with Crippen LogP contribution in [0.25, 0.3) is 0 Å². The van der Waals surface area contributed by atoms with Crippen molar-refractivity contribution < 1.29 is 17.9 Å². The molecule has 0 aliphatic rings. The van der Waals surface area contributed by atoms with Gasteiger partial charge in [0.1, 0.15) is 5.75 Å². The predicted octanol–water partition coefficient (Wildman–Crippen LogP) is 1.76. The van der Waals surface area contributed by atoms with Gasteiger partial charge in [-0.25, -0.2) is 12.7 Å². The Labute approximate surface area is 138 Å². The van der Waals surface area contributed by atoms with E-state index >= 15 is 0 Å². The number of rotatable bonds is 9. The summed E-state index contributed by atoms with van der Waals surface area (Å²) in [4.78, 5) is 11.7. The molecule has 0 heterocycles. The SMILES string of the molecule is CCC[C@@H](C)NC(=O)COc1ccc(CN(C)S(C)(=O)=O)cc1. The van der Waals surface area contributed by atoms with Crippen molar-refractivity contribution in [1.82, 2.24) is 9.62 Å². The van der Waals surface area contributed by atoms with Gasteiger partial charge in [0, 0.05) is 19.6 Å². The third kappa shape index (κ3) is 7.47. The van der Waals surface area contributed by atoms with Crippen LogP contribution in [0.3, 0.4) is 0 Å². The first kappa shape index (κ1) is 19.4. The van der Waals surface area contributed by atoms with Gasteiger partial charge in [-0.05, 0) is 31.0 Å². The summed E-state index contributed by atoms with van der Waals surface area (Å²) in [6, 6.07) is 7.18. The lowest BCUT2D eigenvalue weighted by atomic mass is 10.2. The number of hydrogen-bond donors (Lipinski definition) is 1. The van der Waals surface area contributed by atoms with Crippen molar-refractivity contribution in [1.29, 1.82) is 0 Å².